The summed E-state index contributed by atoms with van der Waals surface area (Å²) in [6.07, 6.45) is 0. The molecule has 1 heterocycles. The van der Waals surface area contributed by atoms with Crippen LogP contribution in [0.25, 0.3) is 0 Å². The summed E-state index contributed by atoms with van der Waals surface area (Å²) in [5, 5.41) is 14.1. The van der Waals surface area contributed by atoms with Crippen molar-refractivity contribution in [3.63, 3.8) is 0 Å². The van der Waals surface area contributed by atoms with Crippen molar-refractivity contribution < 1.29 is 9.90 Å². The third kappa shape index (κ3) is 3.48. The SMILES string of the molecule is Cc1nn(Cc2ccc(Cl)cc2)c(C)c1C(=O)N(C)CCO. The first-order valence-corrected chi connectivity index (χ1v) is 7.46. The number of hydrogen-bond acceptors (Lipinski definition) is 3. The van der Waals surface area contributed by atoms with Crippen LogP contribution in [0.3, 0.4) is 0 Å². The second-order valence-electron chi connectivity index (χ2n) is 5.28. The van der Waals surface area contributed by atoms with Gasteiger partial charge in [-0.3, -0.25) is 9.48 Å². The van der Waals surface area contributed by atoms with Crippen molar-refractivity contribution in [2.75, 3.05) is 20.2 Å². The Kier molecular flexibility index (Phi) is 5.21. The van der Waals surface area contributed by atoms with E-state index in [4.69, 9.17) is 16.7 Å². The average Bonchev–Trinajstić information content (AvgIpc) is 2.75. The van der Waals surface area contributed by atoms with Gasteiger partial charge in [0.05, 0.1) is 24.4 Å². The number of nitrogens with zero attached hydrogens (tertiary/aromatic N) is 3. The van der Waals surface area contributed by atoms with Crippen molar-refractivity contribution in [2.24, 2.45) is 0 Å². The summed E-state index contributed by atoms with van der Waals surface area (Å²) >= 11 is 5.89. The quantitative estimate of drug-likeness (QED) is 0.919. The lowest BCUT2D eigenvalue weighted by atomic mass is 10.1. The minimum absolute atomic E-state index is 0.0563. The van der Waals surface area contributed by atoms with E-state index in [9.17, 15) is 4.79 Å². The van der Waals surface area contributed by atoms with Crippen molar-refractivity contribution in [2.45, 2.75) is 20.4 Å². The highest BCUT2D eigenvalue weighted by Gasteiger charge is 2.21. The largest absolute Gasteiger partial charge is 0.395 e. The standard InChI is InChI=1S/C16H20ClN3O2/c1-11-15(16(22)19(3)8-9-21)12(2)20(18-11)10-13-4-6-14(17)7-5-13/h4-7,21H,8-10H2,1-3H3. The summed E-state index contributed by atoms with van der Waals surface area (Å²) < 4.78 is 1.82. The number of aliphatic hydroxyl groups is 1. The highest BCUT2D eigenvalue weighted by atomic mass is 35.5. The summed E-state index contributed by atoms with van der Waals surface area (Å²) in [5.41, 5.74) is 3.19. The van der Waals surface area contributed by atoms with E-state index in [2.05, 4.69) is 5.10 Å². The number of amides is 1. The second-order valence-corrected chi connectivity index (χ2v) is 5.72. The normalized spacial score (nSPS) is 10.8. The van der Waals surface area contributed by atoms with Crippen molar-refractivity contribution >= 4 is 17.5 Å². The predicted octanol–water partition coefficient (Wildman–Crippen LogP) is 2.27. The minimum Gasteiger partial charge on any atom is -0.395 e. The fourth-order valence-corrected chi connectivity index (χ4v) is 2.49. The van der Waals surface area contributed by atoms with Gasteiger partial charge in [-0.25, -0.2) is 0 Å². The maximum absolute atomic E-state index is 12.4. The Hall–Kier alpha value is -1.85. The van der Waals surface area contributed by atoms with Gasteiger partial charge < -0.3 is 10.0 Å². The molecule has 1 amide bonds. The highest BCUT2D eigenvalue weighted by molar-refractivity contribution is 6.30. The number of benzene rings is 1. The van der Waals surface area contributed by atoms with E-state index in [1.54, 1.807) is 7.05 Å². The van der Waals surface area contributed by atoms with Gasteiger partial charge in [0, 0.05) is 24.3 Å². The van der Waals surface area contributed by atoms with E-state index in [0.29, 0.717) is 29.4 Å². The van der Waals surface area contributed by atoms with Crippen LogP contribution < -0.4 is 0 Å². The number of aliphatic hydroxyl groups excluding tert-OH is 1. The Balaban J connectivity index is 2.26. The average molecular weight is 322 g/mol. The maximum atomic E-state index is 12.4. The molecule has 118 valence electrons. The van der Waals surface area contributed by atoms with Crippen LogP contribution in [-0.2, 0) is 6.54 Å². The van der Waals surface area contributed by atoms with Crippen LogP contribution in [0.5, 0.6) is 0 Å². The van der Waals surface area contributed by atoms with Crippen LogP contribution in [0.4, 0.5) is 0 Å². The lowest BCUT2D eigenvalue weighted by Gasteiger charge is -2.15. The number of hydrogen-bond donors (Lipinski definition) is 1. The highest BCUT2D eigenvalue weighted by Crippen LogP contribution is 2.17. The van der Waals surface area contributed by atoms with E-state index >= 15 is 0 Å². The Bertz CT molecular complexity index is 665. The predicted molar refractivity (Wildman–Crippen MR) is 86.3 cm³/mol. The summed E-state index contributed by atoms with van der Waals surface area (Å²) in [6.45, 7) is 4.54. The van der Waals surface area contributed by atoms with Gasteiger partial charge >= 0.3 is 0 Å². The Morgan fingerprint density at radius 1 is 1.32 bits per heavy atom. The van der Waals surface area contributed by atoms with Gasteiger partial charge in [-0.2, -0.15) is 5.10 Å². The minimum atomic E-state index is -0.119. The first-order valence-electron chi connectivity index (χ1n) is 7.08. The number of likely N-dealkylation sites (N-methyl/N-ethyl adjacent to an activating group) is 1. The number of carbonyl (C=O) groups excluding carboxylic acids is 1. The molecule has 0 fully saturated rings. The number of carbonyl (C=O) groups is 1. The molecule has 0 aliphatic carbocycles. The van der Waals surface area contributed by atoms with Gasteiger partial charge in [-0.05, 0) is 31.5 Å². The van der Waals surface area contributed by atoms with Crippen LogP contribution in [0.15, 0.2) is 24.3 Å². The van der Waals surface area contributed by atoms with E-state index < -0.39 is 0 Å². The van der Waals surface area contributed by atoms with Gasteiger partial charge in [0.1, 0.15) is 0 Å². The molecule has 0 saturated carbocycles. The van der Waals surface area contributed by atoms with Crippen molar-refractivity contribution in [1.82, 2.24) is 14.7 Å². The van der Waals surface area contributed by atoms with Crippen molar-refractivity contribution in [3.05, 3.63) is 51.8 Å². The third-order valence-electron chi connectivity index (χ3n) is 3.62. The maximum Gasteiger partial charge on any atom is 0.257 e. The van der Waals surface area contributed by atoms with Crippen molar-refractivity contribution in [1.29, 1.82) is 0 Å². The number of aryl methyl sites for hydroxylation is 1. The molecule has 22 heavy (non-hydrogen) atoms. The second kappa shape index (κ2) is 6.94. The molecular formula is C16H20ClN3O2. The molecule has 1 N–H and O–H groups in total. The van der Waals surface area contributed by atoms with Gasteiger partial charge in [-0.15, -0.1) is 0 Å². The van der Waals surface area contributed by atoms with E-state index in [-0.39, 0.29) is 12.5 Å². The van der Waals surface area contributed by atoms with Crippen molar-refractivity contribution in [3.8, 4) is 0 Å². The van der Waals surface area contributed by atoms with E-state index in [1.165, 1.54) is 4.90 Å². The lowest BCUT2D eigenvalue weighted by molar-refractivity contribution is 0.0765. The first-order chi connectivity index (χ1) is 10.4. The number of rotatable bonds is 5. The summed E-state index contributed by atoms with van der Waals surface area (Å²) in [7, 11) is 1.67. The Morgan fingerprint density at radius 2 is 1.95 bits per heavy atom. The van der Waals surface area contributed by atoms with Crippen LogP contribution in [-0.4, -0.2) is 45.9 Å². The summed E-state index contributed by atoms with van der Waals surface area (Å²) in [4.78, 5) is 13.9. The van der Waals surface area contributed by atoms with Crippen LogP contribution in [0.2, 0.25) is 5.02 Å². The zero-order valence-electron chi connectivity index (χ0n) is 13.0. The Morgan fingerprint density at radius 3 is 2.55 bits per heavy atom. The molecule has 0 saturated heterocycles. The van der Waals surface area contributed by atoms with Crippen LogP contribution in [0.1, 0.15) is 27.3 Å². The number of aromatic nitrogens is 2. The summed E-state index contributed by atoms with van der Waals surface area (Å²) in [6, 6.07) is 7.56. The van der Waals surface area contributed by atoms with Gasteiger partial charge in [0.25, 0.3) is 5.91 Å². The fraction of sp³-hybridized carbons (Fsp3) is 0.375. The molecule has 0 unspecified atom stereocenters. The molecule has 2 aromatic rings. The van der Waals surface area contributed by atoms with Gasteiger partial charge in [0.15, 0.2) is 0 Å². The monoisotopic (exact) mass is 321 g/mol. The van der Waals surface area contributed by atoms with Crippen LogP contribution in [0, 0.1) is 13.8 Å². The van der Waals surface area contributed by atoms with Gasteiger partial charge in [-0.1, -0.05) is 23.7 Å². The molecule has 1 aromatic heterocycles. The first kappa shape index (κ1) is 16.5. The molecular weight excluding hydrogens is 302 g/mol. The molecule has 1 aromatic carbocycles. The fourth-order valence-electron chi connectivity index (χ4n) is 2.37. The molecule has 0 aliphatic rings. The molecule has 0 spiro atoms. The molecule has 0 radical (unpaired) electrons. The molecule has 6 heteroatoms. The zero-order valence-corrected chi connectivity index (χ0v) is 13.8. The van der Waals surface area contributed by atoms with Crippen LogP contribution >= 0.6 is 11.6 Å². The van der Waals surface area contributed by atoms with Gasteiger partial charge in [0.2, 0.25) is 0 Å². The molecule has 0 bridgehead atoms. The number of halogens is 1. The Labute approximate surface area is 135 Å². The zero-order chi connectivity index (χ0) is 16.3. The molecule has 2 rings (SSSR count). The molecule has 5 nitrogen and oxygen atoms in total. The summed E-state index contributed by atoms with van der Waals surface area (Å²) in [5.74, 6) is -0.119. The van der Waals surface area contributed by atoms with E-state index in [1.807, 2.05) is 42.8 Å². The lowest BCUT2D eigenvalue weighted by Crippen LogP contribution is -2.30. The third-order valence-corrected chi connectivity index (χ3v) is 3.88. The topological polar surface area (TPSA) is 58.4 Å². The smallest absolute Gasteiger partial charge is 0.257 e. The molecule has 0 atom stereocenters. The van der Waals surface area contributed by atoms with E-state index in [0.717, 1.165) is 11.3 Å². The molecule has 0 aliphatic heterocycles.